The van der Waals surface area contributed by atoms with E-state index in [1.165, 1.54) is 4.90 Å². The Labute approximate surface area is 156 Å². The van der Waals surface area contributed by atoms with Crippen molar-refractivity contribution in [2.24, 2.45) is 0 Å². The molecule has 0 unspecified atom stereocenters. The van der Waals surface area contributed by atoms with Gasteiger partial charge in [-0.1, -0.05) is 29.8 Å². The molecule has 0 bridgehead atoms. The van der Waals surface area contributed by atoms with Gasteiger partial charge in [-0.25, -0.2) is 0 Å². The van der Waals surface area contributed by atoms with E-state index in [2.05, 4.69) is 0 Å². The van der Waals surface area contributed by atoms with E-state index < -0.39 is 0 Å². The summed E-state index contributed by atoms with van der Waals surface area (Å²) < 4.78 is 10.5. The molecule has 0 aliphatic carbocycles. The van der Waals surface area contributed by atoms with Gasteiger partial charge in [-0.15, -0.1) is 0 Å². The van der Waals surface area contributed by atoms with E-state index >= 15 is 0 Å². The molecule has 134 valence electrons. The highest BCUT2D eigenvalue weighted by molar-refractivity contribution is 8.18. The van der Waals surface area contributed by atoms with Crippen molar-refractivity contribution in [1.29, 1.82) is 0 Å². The number of hydrogen-bond donors (Lipinski definition) is 0. The second kappa shape index (κ2) is 7.66. The molecule has 0 N–H and O–H groups in total. The summed E-state index contributed by atoms with van der Waals surface area (Å²) >= 11 is 0.944. The maximum absolute atomic E-state index is 12.7. The molecule has 6 heteroatoms. The Morgan fingerprint density at radius 2 is 1.73 bits per heavy atom. The van der Waals surface area contributed by atoms with Gasteiger partial charge in [0.05, 0.1) is 25.7 Å². The Hall–Kier alpha value is -2.73. The summed E-state index contributed by atoms with van der Waals surface area (Å²) in [5, 5.41) is -0.266. The Morgan fingerprint density at radius 1 is 1.04 bits per heavy atom. The van der Waals surface area contributed by atoms with Crippen LogP contribution < -0.4 is 9.47 Å². The molecule has 1 aliphatic heterocycles. The first-order valence-electron chi connectivity index (χ1n) is 8.04. The largest absolute Gasteiger partial charge is 0.497 e. The molecule has 1 fully saturated rings. The smallest absolute Gasteiger partial charge is 0.293 e. The number of thioether (sulfide) groups is 1. The Balaban J connectivity index is 1.85. The molecule has 2 amide bonds. The van der Waals surface area contributed by atoms with Crippen LogP contribution in [-0.4, -0.2) is 30.3 Å². The molecule has 0 aromatic heterocycles. The van der Waals surface area contributed by atoms with Crippen LogP contribution in [-0.2, 0) is 11.3 Å². The van der Waals surface area contributed by atoms with Crippen molar-refractivity contribution < 1.29 is 19.1 Å². The lowest BCUT2D eigenvalue weighted by Gasteiger charge is -2.12. The van der Waals surface area contributed by atoms with Crippen molar-refractivity contribution in [2.75, 3.05) is 14.2 Å². The summed E-state index contributed by atoms with van der Waals surface area (Å²) in [4.78, 5) is 26.6. The van der Waals surface area contributed by atoms with E-state index in [1.54, 1.807) is 38.5 Å². The van der Waals surface area contributed by atoms with Crippen LogP contribution in [0.2, 0.25) is 0 Å². The second-order valence-corrected chi connectivity index (χ2v) is 6.90. The summed E-state index contributed by atoms with van der Waals surface area (Å²) in [5.74, 6) is 0.951. The monoisotopic (exact) mass is 369 g/mol. The van der Waals surface area contributed by atoms with Gasteiger partial charge in [-0.05, 0) is 48.0 Å². The van der Waals surface area contributed by atoms with Gasteiger partial charge < -0.3 is 9.47 Å². The van der Waals surface area contributed by atoms with Gasteiger partial charge in [-0.3, -0.25) is 14.5 Å². The van der Waals surface area contributed by atoms with Gasteiger partial charge in [0.1, 0.15) is 11.5 Å². The van der Waals surface area contributed by atoms with Crippen molar-refractivity contribution in [3.8, 4) is 11.5 Å². The lowest BCUT2D eigenvalue weighted by Crippen LogP contribution is -2.27. The SMILES string of the molecule is COc1cc(/C=C2/SC(=O)N(Cc3cccc(C)c3)C2=O)cc(OC)c1. The first-order valence-corrected chi connectivity index (χ1v) is 8.86. The van der Waals surface area contributed by atoms with E-state index in [0.29, 0.717) is 16.4 Å². The third-order valence-electron chi connectivity index (χ3n) is 3.97. The van der Waals surface area contributed by atoms with Gasteiger partial charge in [0, 0.05) is 6.07 Å². The number of imide groups is 1. The Morgan fingerprint density at radius 3 is 2.35 bits per heavy atom. The molecule has 1 heterocycles. The molecular weight excluding hydrogens is 350 g/mol. The van der Waals surface area contributed by atoms with Gasteiger partial charge in [-0.2, -0.15) is 0 Å². The third-order valence-corrected chi connectivity index (χ3v) is 4.88. The zero-order chi connectivity index (χ0) is 18.7. The molecule has 2 aromatic rings. The highest BCUT2D eigenvalue weighted by Gasteiger charge is 2.35. The molecule has 1 aliphatic rings. The quantitative estimate of drug-likeness (QED) is 0.738. The molecular formula is C20H19NO4S. The van der Waals surface area contributed by atoms with Crippen LogP contribution >= 0.6 is 11.8 Å². The van der Waals surface area contributed by atoms with Crippen LogP contribution in [0.25, 0.3) is 6.08 Å². The number of hydrogen-bond acceptors (Lipinski definition) is 5. The Bertz CT molecular complexity index is 869. The van der Waals surface area contributed by atoms with Gasteiger partial charge >= 0.3 is 0 Å². The fourth-order valence-electron chi connectivity index (χ4n) is 2.69. The molecule has 5 nitrogen and oxygen atoms in total. The summed E-state index contributed by atoms with van der Waals surface area (Å²) in [7, 11) is 3.13. The van der Waals surface area contributed by atoms with Crippen LogP contribution in [0.4, 0.5) is 4.79 Å². The minimum Gasteiger partial charge on any atom is -0.497 e. The van der Waals surface area contributed by atoms with Crippen molar-refractivity contribution >= 4 is 29.0 Å². The molecule has 0 atom stereocenters. The second-order valence-electron chi connectivity index (χ2n) is 5.90. The predicted molar refractivity (Wildman–Crippen MR) is 102 cm³/mol. The number of carbonyl (C=O) groups excluding carboxylic acids is 2. The van der Waals surface area contributed by atoms with Crippen LogP contribution in [0.1, 0.15) is 16.7 Å². The average Bonchev–Trinajstić information content (AvgIpc) is 2.89. The van der Waals surface area contributed by atoms with Gasteiger partial charge in [0.25, 0.3) is 11.1 Å². The predicted octanol–water partition coefficient (Wildman–Crippen LogP) is 4.25. The standard InChI is InChI=1S/C20H19NO4S/c1-13-5-4-6-14(7-13)12-21-19(22)18(26-20(21)23)10-15-8-16(24-2)11-17(9-15)25-3/h4-11H,12H2,1-3H3/b18-10+. The summed E-state index contributed by atoms with van der Waals surface area (Å²) in [6.07, 6.45) is 1.69. The third kappa shape index (κ3) is 3.91. The van der Waals surface area contributed by atoms with Crippen LogP contribution in [0.5, 0.6) is 11.5 Å². The van der Waals surface area contributed by atoms with Crippen molar-refractivity contribution in [3.05, 3.63) is 64.1 Å². The minimum absolute atomic E-state index is 0.266. The zero-order valence-corrected chi connectivity index (χ0v) is 15.6. The lowest BCUT2D eigenvalue weighted by atomic mass is 10.1. The fourth-order valence-corrected chi connectivity index (χ4v) is 3.53. The number of carbonyl (C=O) groups is 2. The number of aryl methyl sites for hydroxylation is 1. The fraction of sp³-hybridized carbons (Fsp3) is 0.200. The molecule has 26 heavy (non-hydrogen) atoms. The van der Waals surface area contributed by atoms with E-state index in [0.717, 1.165) is 28.5 Å². The Kier molecular flexibility index (Phi) is 5.32. The minimum atomic E-state index is -0.289. The molecule has 0 saturated carbocycles. The van der Waals surface area contributed by atoms with Crippen molar-refractivity contribution in [2.45, 2.75) is 13.5 Å². The maximum atomic E-state index is 12.7. The average molecular weight is 369 g/mol. The van der Waals surface area contributed by atoms with E-state index in [4.69, 9.17) is 9.47 Å². The number of rotatable bonds is 5. The number of methoxy groups -OCH3 is 2. The first kappa shape index (κ1) is 18.1. The molecule has 1 saturated heterocycles. The summed E-state index contributed by atoms with van der Waals surface area (Å²) in [6, 6.07) is 13.1. The van der Waals surface area contributed by atoms with Crippen LogP contribution in [0, 0.1) is 6.92 Å². The molecule has 0 radical (unpaired) electrons. The highest BCUT2D eigenvalue weighted by atomic mass is 32.2. The van der Waals surface area contributed by atoms with Crippen molar-refractivity contribution in [3.63, 3.8) is 0 Å². The number of ether oxygens (including phenoxy) is 2. The van der Waals surface area contributed by atoms with Crippen LogP contribution in [0.3, 0.4) is 0 Å². The van der Waals surface area contributed by atoms with E-state index in [1.807, 2.05) is 31.2 Å². The zero-order valence-electron chi connectivity index (χ0n) is 14.8. The topological polar surface area (TPSA) is 55.8 Å². The number of benzene rings is 2. The van der Waals surface area contributed by atoms with E-state index in [-0.39, 0.29) is 17.7 Å². The number of amides is 2. The highest BCUT2D eigenvalue weighted by Crippen LogP contribution is 2.34. The van der Waals surface area contributed by atoms with Crippen molar-refractivity contribution in [1.82, 2.24) is 4.90 Å². The maximum Gasteiger partial charge on any atom is 0.293 e. The summed E-state index contributed by atoms with van der Waals surface area (Å²) in [5.41, 5.74) is 2.76. The van der Waals surface area contributed by atoms with Crippen LogP contribution in [0.15, 0.2) is 47.4 Å². The first-order chi connectivity index (χ1) is 12.5. The lowest BCUT2D eigenvalue weighted by molar-refractivity contribution is -0.123. The van der Waals surface area contributed by atoms with Gasteiger partial charge in [0.15, 0.2) is 0 Å². The molecule has 3 rings (SSSR count). The normalized spacial score (nSPS) is 15.7. The van der Waals surface area contributed by atoms with E-state index in [9.17, 15) is 9.59 Å². The summed E-state index contributed by atoms with van der Waals surface area (Å²) in [6.45, 7) is 2.25. The molecule has 2 aromatic carbocycles. The number of nitrogens with zero attached hydrogens (tertiary/aromatic N) is 1. The molecule has 0 spiro atoms. The van der Waals surface area contributed by atoms with Gasteiger partial charge in [0.2, 0.25) is 0 Å².